The standard InChI is InChI=1S/C20H18N6O2/c1-11-3-4-14(8-16(11)28-2)25-18-17-12(5-6-22-19(17)27)7-15(26-18)13-9-23-20(21)24-10-13/h3-10H,1-2H3,(H,22,27)(H,25,26)(H2,21,23,24). The lowest BCUT2D eigenvalue weighted by Gasteiger charge is -2.13. The number of anilines is 3. The van der Waals surface area contributed by atoms with Gasteiger partial charge in [-0.1, -0.05) is 6.07 Å². The van der Waals surface area contributed by atoms with Crippen LogP contribution >= 0.6 is 0 Å². The maximum atomic E-state index is 12.5. The molecule has 8 heteroatoms. The van der Waals surface area contributed by atoms with Gasteiger partial charge in [-0.25, -0.2) is 15.0 Å². The van der Waals surface area contributed by atoms with E-state index in [9.17, 15) is 4.79 Å². The molecule has 0 saturated heterocycles. The molecule has 0 unspecified atom stereocenters. The summed E-state index contributed by atoms with van der Waals surface area (Å²) in [5, 5.41) is 4.44. The second-order valence-corrected chi connectivity index (χ2v) is 6.27. The number of aromatic nitrogens is 4. The predicted molar refractivity (Wildman–Crippen MR) is 109 cm³/mol. The Morgan fingerprint density at radius 2 is 1.93 bits per heavy atom. The second-order valence-electron chi connectivity index (χ2n) is 6.27. The Bertz CT molecular complexity index is 1220. The molecule has 0 radical (unpaired) electrons. The van der Waals surface area contributed by atoms with E-state index in [2.05, 4.69) is 25.3 Å². The quantitative estimate of drug-likeness (QED) is 0.502. The lowest BCUT2D eigenvalue weighted by Crippen LogP contribution is -2.09. The summed E-state index contributed by atoms with van der Waals surface area (Å²) in [6.07, 6.45) is 4.80. The smallest absolute Gasteiger partial charge is 0.259 e. The summed E-state index contributed by atoms with van der Waals surface area (Å²) < 4.78 is 5.38. The number of H-pyrrole nitrogens is 1. The number of methoxy groups -OCH3 is 1. The molecule has 8 nitrogen and oxygen atoms in total. The van der Waals surface area contributed by atoms with Gasteiger partial charge in [-0.3, -0.25) is 4.79 Å². The maximum absolute atomic E-state index is 12.5. The summed E-state index contributed by atoms with van der Waals surface area (Å²) in [4.78, 5) is 27.8. The van der Waals surface area contributed by atoms with Crippen molar-refractivity contribution in [3.63, 3.8) is 0 Å². The molecule has 0 spiro atoms. The lowest BCUT2D eigenvalue weighted by atomic mass is 10.1. The Hall–Kier alpha value is -3.94. The van der Waals surface area contributed by atoms with Crippen LogP contribution in [0.25, 0.3) is 22.0 Å². The molecule has 3 heterocycles. The zero-order valence-corrected chi connectivity index (χ0v) is 15.4. The third-order valence-electron chi connectivity index (χ3n) is 4.39. The molecule has 0 amide bonds. The van der Waals surface area contributed by atoms with Crippen molar-refractivity contribution >= 4 is 28.2 Å². The van der Waals surface area contributed by atoms with E-state index < -0.39 is 0 Å². The number of rotatable bonds is 4. The molecule has 0 atom stereocenters. The average molecular weight is 374 g/mol. The molecule has 0 aliphatic rings. The summed E-state index contributed by atoms with van der Waals surface area (Å²) >= 11 is 0. The van der Waals surface area contributed by atoms with Gasteiger partial charge < -0.3 is 20.8 Å². The van der Waals surface area contributed by atoms with E-state index >= 15 is 0 Å². The van der Waals surface area contributed by atoms with Gasteiger partial charge in [0.2, 0.25) is 5.95 Å². The second kappa shape index (κ2) is 6.99. The number of aryl methyl sites for hydroxylation is 1. The van der Waals surface area contributed by atoms with Crippen molar-refractivity contribution in [1.82, 2.24) is 19.9 Å². The van der Waals surface area contributed by atoms with Crippen molar-refractivity contribution in [1.29, 1.82) is 0 Å². The van der Waals surface area contributed by atoms with E-state index in [-0.39, 0.29) is 11.5 Å². The molecule has 4 N–H and O–H groups in total. The van der Waals surface area contributed by atoms with Gasteiger partial charge in [-0.15, -0.1) is 0 Å². The van der Waals surface area contributed by atoms with Gasteiger partial charge in [0.1, 0.15) is 11.6 Å². The summed E-state index contributed by atoms with van der Waals surface area (Å²) in [5.41, 5.74) is 8.43. The average Bonchev–Trinajstić information content (AvgIpc) is 2.70. The van der Waals surface area contributed by atoms with Crippen LogP contribution in [-0.2, 0) is 0 Å². The van der Waals surface area contributed by atoms with E-state index in [4.69, 9.17) is 10.5 Å². The van der Waals surface area contributed by atoms with Crippen LogP contribution in [-0.4, -0.2) is 27.0 Å². The zero-order chi connectivity index (χ0) is 19.7. The number of ether oxygens (including phenoxy) is 1. The Balaban J connectivity index is 1.88. The number of hydrogen-bond acceptors (Lipinski definition) is 7. The molecular formula is C20H18N6O2. The van der Waals surface area contributed by atoms with Crippen LogP contribution in [0.2, 0.25) is 0 Å². The number of nitrogens with one attached hydrogen (secondary N) is 2. The highest BCUT2D eigenvalue weighted by atomic mass is 16.5. The first-order valence-corrected chi connectivity index (χ1v) is 8.57. The molecule has 28 heavy (non-hydrogen) atoms. The van der Waals surface area contributed by atoms with Crippen molar-refractivity contribution in [3.8, 4) is 17.0 Å². The summed E-state index contributed by atoms with van der Waals surface area (Å²) in [5.74, 6) is 1.36. The minimum atomic E-state index is -0.230. The van der Waals surface area contributed by atoms with Gasteiger partial charge >= 0.3 is 0 Å². The van der Waals surface area contributed by atoms with Gasteiger partial charge in [-0.2, -0.15) is 0 Å². The number of pyridine rings is 2. The van der Waals surface area contributed by atoms with Crippen molar-refractivity contribution in [3.05, 3.63) is 64.8 Å². The number of benzene rings is 1. The zero-order valence-electron chi connectivity index (χ0n) is 15.4. The van der Waals surface area contributed by atoms with Gasteiger partial charge in [0.25, 0.3) is 5.56 Å². The highest BCUT2D eigenvalue weighted by Gasteiger charge is 2.12. The minimum absolute atomic E-state index is 0.186. The molecule has 4 aromatic rings. The molecule has 0 bridgehead atoms. The van der Waals surface area contributed by atoms with Gasteiger partial charge in [0.15, 0.2) is 0 Å². The summed E-state index contributed by atoms with van der Waals surface area (Å²) in [7, 11) is 1.62. The molecule has 0 aliphatic heterocycles. The Labute approximate surface area is 160 Å². The monoisotopic (exact) mass is 374 g/mol. The molecule has 140 valence electrons. The van der Waals surface area contributed by atoms with Crippen molar-refractivity contribution in [2.75, 3.05) is 18.2 Å². The topological polar surface area (TPSA) is 119 Å². The number of fused-ring (bicyclic) bond motifs is 1. The number of nitrogens with two attached hydrogens (primary N) is 1. The van der Waals surface area contributed by atoms with Crippen LogP contribution in [0.3, 0.4) is 0 Å². The third-order valence-corrected chi connectivity index (χ3v) is 4.39. The van der Waals surface area contributed by atoms with Crippen molar-refractivity contribution in [2.45, 2.75) is 6.92 Å². The van der Waals surface area contributed by atoms with Crippen molar-refractivity contribution in [2.24, 2.45) is 0 Å². The Morgan fingerprint density at radius 3 is 2.68 bits per heavy atom. The number of aromatic amines is 1. The van der Waals surface area contributed by atoms with Gasteiger partial charge in [0.05, 0.1) is 18.2 Å². The van der Waals surface area contributed by atoms with E-state index in [1.165, 1.54) is 0 Å². The third kappa shape index (κ3) is 3.23. The number of nitrogen functional groups attached to an aromatic ring is 1. The van der Waals surface area contributed by atoms with E-state index in [0.29, 0.717) is 22.5 Å². The van der Waals surface area contributed by atoms with Gasteiger partial charge in [-0.05, 0) is 36.1 Å². The fourth-order valence-electron chi connectivity index (χ4n) is 2.96. The Kier molecular flexibility index (Phi) is 4.36. The van der Waals surface area contributed by atoms with Crippen LogP contribution < -0.4 is 21.3 Å². The minimum Gasteiger partial charge on any atom is -0.496 e. The molecule has 0 aliphatic carbocycles. The highest BCUT2D eigenvalue weighted by Crippen LogP contribution is 2.29. The molecule has 0 saturated carbocycles. The van der Waals surface area contributed by atoms with Gasteiger partial charge in [0, 0.05) is 35.9 Å². The number of nitrogens with zero attached hydrogens (tertiary/aromatic N) is 3. The maximum Gasteiger partial charge on any atom is 0.259 e. The fraction of sp³-hybridized carbons (Fsp3) is 0.100. The largest absolute Gasteiger partial charge is 0.496 e. The molecular weight excluding hydrogens is 356 g/mol. The van der Waals surface area contributed by atoms with E-state index in [1.54, 1.807) is 25.7 Å². The highest BCUT2D eigenvalue weighted by molar-refractivity contribution is 5.95. The fourth-order valence-corrected chi connectivity index (χ4v) is 2.96. The lowest BCUT2D eigenvalue weighted by molar-refractivity contribution is 0.412. The molecule has 0 fully saturated rings. The first kappa shape index (κ1) is 17.5. The summed E-state index contributed by atoms with van der Waals surface area (Å²) in [6.45, 7) is 1.96. The predicted octanol–water partition coefficient (Wildman–Crippen LogP) is 3.02. The first-order valence-electron chi connectivity index (χ1n) is 8.57. The van der Waals surface area contributed by atoms with Crippen LogP contribution in [0.15, 0.2) is 53.7 Å². The van der Waals surface area contributed by atoms with Crippen LogP contribution in [0.5, 0.6) is 5.75 Å². The van der Waals surface area contributed by atoms with E-state index in [1.807, 2.05) is 37.3 Å². The molecule has 4 rings (SSSR count). The summed E-state index contributed by atoms with van der Waals surface area (Å²) in [6, 6.07) is 9.34. The van der Waals surface area contributed by atoms with Crippen molar-refractivity contribution < 1.29 is 4.74 Å². The molecule has 3 aromatic heterocycles. The first-order chi connectivity index (χ1) is 13.5. The Morgan fingerprint density at radius 1 is 1.14 bits per heavy atom. The van der Waals surface area contributed by atoms with E-state index in [0.717, 1.165) is 22.4 Å². The molecule has 1 aromatic carbocycles. The van der Waals surface area contributed by atoms with Crippen LogP contribution in [0, 0.1) is 6.92 Å². The van der Waals surface area contributed by atoms with Crippen LogP contribution in [0.4, 0.5) is 17.5 Å². The normalized spacial score (nSPS) is 10.8. The van der Waals surface area contributed by atoms with Crippen LogP contribution in [0.1, 0.15) is 5.56 Å². The SMILES string of the molecule is COc1cc(Nc2nc(-c3cnc(N)nc3)cc3cc[nH]c(=O)c23)ccc1C. The number of hydrogen-bond donors (Lipinski definition) is 3.